The van der Waals surface area contributed by atoms with Crippen molar-refractivity contribution >= 4 is 34.1 Å². The highest BCUT2D eigenvalue weighted by atomic mass is 16.7. The van der Waals surface area contributed by atoms with Crippen LogP contribution < -0.4 is 5.46 Å². The van der Waals surface area contributed by atoms with Crippen LogP contribution in [0.5, 0.6) is 0 Å². The third kappa shape index (κ3) is 3.15. The molecule has 0 N–H and O–H groups in total. The Morgan fingerprint density at radius 1 is 0.552 bits per heavy atom. The van der Waals surface area contributed by atoms with Gasteiger partial charge in [-0.2, -0.15) is 0 Å². The van der Waals surface area contributed by atoms with E-state index in [0.717, 1.165) is 5.46 Å². The lowest BCUT2D eigenvalue weighted by Gasteiger charge is -2.32. The Bertz CT molecular complexity index is 1190. The molecule has 1 fully saturated rings. The summed E-state index contributed by atoms with van der Waals surface area (Å²) in [5.41, 5.74) is 2.82. The summed E-state index contributed by atoms with van der Waals surface area (Å²) in [4.78, 5) is 0. The van der Waals surface area contributed by atoms with Gasteiger partial charge in [0.1, 0.15) is 0 Å². The molecular weight excluding hydrogens is 355 g/mol. The fourth-order valence-corrected chi connectivity index (χ4v) is 3.93. The predicted molar refractivity (Wildman–Crippen MR) is 123 cm³/mol. The highest BCUT2D eigenvalue weighted by Gasteiger charge is 2.51. The van der Waals surface area contributed by atoms with E-state index in [1.807, 2.05) is 0 Å². The summed E-state index contributed by atoms with van der Waals surface area (Å²) < 4.78 is 12.3. The third-order valence-electron chi connectivity index (χ3n) is 6.47. The van der Waals surface area contributed by atoms with Crippen molar-refractivity contribution in [3.05, 3.63) is 78.9 Å². The molecule has 0 aromatic heterocycles. The van der Waals surface area contributed by atoms with Crippen LogP contribution in [0.25, 0.3) is 32.7 Å². The summed E-state index contributed by atoms with van der Waals surface area (Å²) in [5.74, 6) is 0. The van der Waals surface area contributed by atoms with Gasteiger partial charge in [-0.15, -0.1) is 0 Å². The number of hydrogen-bond acceptors (Lipinski definition) is 2. The van der Waals surface area contributed by atoms with Crippen molar-refractivity contribution in [1.82, 2.24) is 0 Å². The normalized spacial score (nSPS) is 17.9. The van der Waals surface area contributed by atoms with E-state index in [4.69, 9.17) is 9.31 Å². The zero-order valence-corrected chi connectivity index (χ0v) is 17.4. The van der Waals surface area contributed by atoms with Crippen LogP contribution in [-0.4, -0.2) is 18.3 Å². The van der Waals surface area contributed by atoms with E-state index in [-0.39, 0.29) is 18.3 Å². The van der Waals surface area contributed by atoms with E-state index in [9.17, 15) is 0 Å². The van der Waals surface area contributed by atoms with Crippen LogP contribution >= 0.6 is 0 Å². The molecule has 4 aromatic carbocycles. The molecule has 2 nitrogen and oxygen atoms in total. The lowest BCUT2D eigenvalue weighted by Crippen LogP contribution is -2.41. The first-order valence-electron chi connectivity index (χ1n) is 10.2. The van der Waals surface area contributed by atoms with Gasteiger partial charge < -0.3 is 9.31 Å². The van der Waals surface area contributed by atoms with Crippen molar-refractivity contribution in [3.8, 4) is 11.1 Å². The van der Waals surface area contributed by atoms with E-state index in [1.165, 1.54) is 32.7 Å². The minimum absolute atomic E-state index is 0.322. The SMILES string of the molecule is CC1(C)OB(c2ccc(-c3ccc4cc5ccccc5cc4c3)cc2)OC1(C)C. The lowest BCUT2D eigenvalue weighted by atomic mass is 9.78. The topological polar surface area (TPSA) is 18.5 Å². The quantitative estimate of drug-likeness (QED) is 0.316. The molecule has 4 aromatic rings. The number of benzene rings is 4. The highest BCUT2D eigenvalue weighted by molar-refractivity contribution is 6.62. The first kappa shape index (κ1) is 18.4. The van der Waals surface area contributed by atoms with Crippen LogP contribution in [-0.2, 0) is 9.31 Å². The second-order valence-electron chi connectivity index (χ2n) is 8.97. The van der Waals surface area contributed by atoms with Crippen LogP contribution in [0.3, 0.4) is 0 Å². The van der Waals surface area contributed by atoms with Gasteiger partial charge in [0, 0.05) is 0 Å². The summed E-state index contributed by atoms with van der Waals surface area (Å²) in [5, 5.41) is 5.07. The molecule has 0 radical (unpaired) electrons. The van der Waals surface area contributed by atoms with Gasteiger partial charge in [-0.25, -0.2) is 0 Å². The Labute approximate surface area is 172 Å². The minimum atomic E-state index is -0.322. The zero-order chi connectivity index (χ0) is 20.2. The largest absolute Gasteiger partial charge is 0.494 e. The Balaban J connectivity index is 1.47. The zero-order valence-electron chi connectivity index (χ0n) is 17.4. The number of rotatable bonds is 2. The molecule has 0 amide bonds. The third-order valence-corrected chi connectivity index (χ3v) is 6.47. The van der Waals surface area contributed by atoms with E-state index in [1.54, 1.807) is 0 Å². The monoisotopic (exact) mass is 380 g/mol. The van der Waals surface area contributed by atoms with Crippen molar-refractivity contribution in [2.75, 3.05) is 0 Å². The second kappa shape index (κ2) is 6.45. The molecule has 1 aliphatic rings. The van der Waals surface area contributed by atoms with Crippen molar-refractivity contribution in [2.45, 2.75) is 38.9 Å². The van der Waals surface area contributed by atoms with Crippen LogP contribution in [0.2, 0.25) is 0 Å². The molecular formula is C26H25BO2. The fourth-order valence-electron chi connectivity index (χ4n) is 3.93. The minimum Gasteiger partial charge on any atom is -0.399 e. The van der Waals surface area contributed by atoms with E-state index in [0.29, 0.717) is 0 Å². The van der Waals surface area contributed by atoms with E-state index in [2.05, 4.69) is 107 Å². The smallest absolute Gasteiger partial charge is 0.399 e. The van der Waals surface area contributed by atoms with Crippen LogP contribution in [0.1, 0.15) is 27.7 Å². The first-order valence-corrected chi connectivity index (χ1v) is 10.2. The molecule has 0 unspecified atom stereocenters. The van der Waals surface area contributed by atoms with E-state index < -0.39 is 0 Å². The molecule has 3 heteroatoms. The van der Waals surface area contributed by atoms with Crippen molar-refractivity contribution in [3.63, 3.8) is 0 Å². The van der Waals surface area contributed by atoms with Gasteiger partial charge in [-0.3, -0.25) is 0 Å². The van der Waals surface area contributed by atoms with Gasteiger partial charge in [0.2, 0.25) is 0 Å². The molecule has 1 aliphatic heterocycles. The summed E-state index contributed by atoms with van der Waals surface area (Å²) in [6.07, 6.45) is 0. The van der Waals surface area contributed by atoms with Gasteiger partial charge in [-0.1, -0.05) is 60.7 Å². The average molecular weight is 380 g/mol. The molecule has 1 saturated heterocycles. The predicted octanol–water partition coefficient (Wildman–Crippen LogP) is 5.96. The number of hydrogen-bond donors (Lipinski definition) is 0. The Kier molecular flexibility index (Phi) is 4.09. The molecule has 0 aliphatic carbocycles. The first-order chi connectivity index (χ1) is 13.8. The molecule has 0 atom stereocenters. The second-order valence-corrected chi connectivity index (χ2v) is 8.97. The van der Waals surface area contributed by atoms with Gasteiger partial charge in [0.25, 0.3) is 0 Å². The molecule has 144 valence electrons. The molecule has 0 saturated carbocycles. The van der Waals surface area contributed by atoms with Gasteiger partial charge >= 0.3 is 7.12 Å². The van der Waals surface area contributed by atoms with Gasteiger partial charge in [0.05, 0.1) is 11.2 Å². The lowest BCUT2D eigenvalue weighted by molar-refractivity contribution is 0.00578. The van der Waals surface area contributed by atoms with Crippen molar-refractivity contribution in [2.24, 2.45) is 0 Å². The molecule has 0 spiro atoms. The standard InChI is InChI=1S/C26H25BO2/c1-25(2)26(3,4)29-27(28-25)24-13-11-18(12-14-24)21-9-10-22-15-19-7-5-6-8-20(19)16-23(22)17-21/h5-17H,1-4H3. The molecule has 5 rings (SSSR count). The summed E-state index contributed by atoms with van der Waals surface area (Å²) in [6, 6.07) is 28.2. The van der Waals surface area contributed by atoms with Crippen molar-refractivity contribution in [1.29, 1.82) is 0 Å². The highest BCUT2D eigenvalue weighted by Crippen LogP contribution is 2.36. The maximum atomic E-state index is 6.17. The molecule has 0 bridgehead atoms. The van der Waals surface area contributed by atoms with Crippen LogP contribution in [0.15, 0.2) is 78.9 Å². The molecule has 29 heavy (non-hydrogen) atoms. The Morgan fingerprint density at radius 2 is 1.07 bits per heavy atom. The fraction of sp³-hybridized carbons (Fsp3) is 0.231. The summed E-state index contributed by atoms with van der Waals surface area (Å²) in [6.45, 7) is 8.33. The number of fused-ring (bicyclic) bond motifs is 2. The van der Waals surface area contributed by atoms with Gasteiger partial charge in [0.15, 0.2) is 0 Å². The summed E-state index contributed by atoms with van der Waals surface area (Å²) in [7, 11) is -0.322. The Hall–Kier alpha value is -2.62. The van der Waals surface area contributed by atoms with Gasteiger partial charge in [-0.05, 0) is 84.0 Å². The maximum absolute atomic E-state index is 6.17. The average Bonchev–Trinajstić information content (AvgIpc) is 2.93. The molecule has 1 heterocycles. The van der Waals surface area contributed by atoms with E-state index >= 15 is 0 Å². The van der Waals surface area contributed by atoms with Crippen LogP contribution in [0.4, 0.5) is 0 Å². The van der Waals surface area contributed by atoms with Crippen molar-refractivity contribution < 1.29 is 9.31 Å². The summed E-state index contributed by atoms with van der Waals surface area (Å²) >= 11 is 0. The Morgan fingerprint density at radius 3 is 1.69 bits per heavy atom. The van der Waals surface area contributed by atoms with Crippen LogP contribution in [0, 0.1) is 0 Å². The maximum Gasteiger partial charge on any atom is 0.494 e.